The predicted octanol–water partition coefficient (Wildman–Crippen LogP) is 2.18. The second kappa shape index (κ2) is 7.69. The van der Waals surface area contributed by atoms with Gasteiger partial charge in [0.2, 0.25) is 0 Å². The second-order valence-corrected chi connectivity index (χ2v) is 4.39. The van der Waals surface area contributed by atoms with Crippen LogP contribution in [0, 0.1) is 5.82 Å². The van der Waals surface area contributed by atoms with E-state index in [9.17, 15) is 14.0 Å². The molecular weight excluding hydrogens is 289 g/mol. The van der Waals surface area contributed by atoms with Crippen LogP contribution in [0.4, 0.5) is 4.39 Å². The smallest absolute Gasteiger partial charge is 0.305 e. The maximum Gasteiger partial charge on any atom is 0.305 e. The monoisotopic (exact) mass is 303 g/mol. The molecule has 20 heavy (non-hydrogen) atoms. The van der Waals surface area contributed by atoms with E-state index in [0.29, 0.717) is 6.54 Å². The standard InChI is InChI=1S/C13H15ClFNO4/c1-2-16(6-5-13(18)19)12(17)8-20-9-3-4-11(15)10(14)7-9/h3-4,7H,2,5-6,8H2,1H3,(H,18,19). The predicted molar refractivity (Wildman–Crippen MR) is 71.4 cm³/mol. The fourth-order valence-electron chi connectivity index (χ4n) is 1.49. The lowest BCUT2D eigenvalue weighted by atomic mass is 10.3. The second-order valence-electron chi connectivity index (χ2n) is 3.98. The molecule has 1 aromatic carbocycles. The van der Waals surface area contributed by atoms with Crippen molar-refractivity contribution < 1.29 is 23.8 Å². The van der Waals surface area contributed by atoms with E-state index in [1.165, 1.54) is 17.0 Å². The van der Waals surface area contributed by atoms with Gasteiger partial charge in [0.15, 0.2) is 6.61 Å². The lowest BCUT2D eigenvalue weighted by molar-refractivity contribution is -0.139. The number of carbonyl (C=O) groups excluding carboxylic acids is 1. The van der Waals surface area contributed by atoms with Gasteiger partial charge in [-0.2, -0.15) is 0 Å². The molecule has 0 spiro atoms. The van der Waals surface area contributed by atoms with E-state index >= 15 is 0 Å². The van der Waals surface area contributed by atoms with E-state index in [1.54, 1.807) is 6.92 Å². The highest BCUT2D eigenvalue weighted by Crippen LogP contribution is 2.21. The number of benzene rings is 1. The fraction of sp³-hybridized carbons (Fsp3) is 0.385. The lowest BCUT2D eigenvalue weighted by Gasteiger charge is -2.20. The molecule has 0 atom stereocenters. The third-order valence-corrected chi connectivity index (χ3v) is 2.87. The van der Waals surface area contributed by atoms with E-state index in [4.69, 9.17) is 21.4 Å². The summed E-state index contributed by atoms with van der Waals surface area (Å²) in [5, 5.41) is 8.50. The summed E-state index contributed by atoms with van der Waals surface area (Å²) in [6.45, 7) is 2.00. The topological polar surface area (TPSA) is 66.8 Å². The number of amides is 1. The highest BCUT2D eigenvalue weighted by molar-refractivity contribution is 6.30. The summed E-state index contributed by atoms with van der Waals surface area (Å²) in [5.41, 5.74) is 0. The SMILES string of the molecule is CCN(CCC(=O)O)C(=O)COc1ccc(F)c(Cl)c1. The zero-order chi connectivity index (χ0) is 15.1. The average Bonchev–Trinajstić information content (AvgIpc) is 2.40. The molecule has 0 heterocycles. The van der Waals surface area contributed by atoms with Crippen molar-refractivity contribution >= 4 is 23.5 Å². The van der Waals surface area contributed by atoms with Crippen molar-refractivity contribution in [3.8, 4) is 5.75 Å². The number of ether oxygens (including phenoxy) is 1. The first-order valence-electron chi connectivity index (χ1n) is 6.01. The molecule has 0 aliphatic heterocycles. The quantitative estimate of drug-likeness (QED) is 0.838. The first kappa shape index (κ1) is 16.2. The van der Waals surface area contributed by atoms with Gasteiger partial charge < -0.3 is 14.7 Å². The molecule has 1 N–H and O–H groups in total. The summed E-state index contributed by atoms with van der Waals surface area (Å²) >= 11 is 5.59. The number of nitrogens with zero attached hydrogens (tertiary/aromatic N) is 1. The number of halogens is 2. The lowest BCUT2D eigenvalue weighted by Crippen LogP contribution is -2.36. The molecular formula is C13H15ClFNO4. The number of likely N-dealkylation sites (N-methyl/N-ethyl adjacent to an activating group) is 1. The van der Waals surface area contributed by atoms with Crippen LogP contribution in [0.3, 0.4) is 0 Å². The van der Waals surface area contributed by atoms with Crippen LogP contribution >= 0.6 is 11.6 Å². The van der Waals surface area contributed by atoms with Gasteiger partial charge >= 0.3 is 5.97 Å². The summed E-state index contributed by atoms with van der Waals surface area (Å²) in [5.74, 6) is -1.60. The van der Waals surface area contributed by atoms with Crippen LogP contribution in [0.1, 0.15) is 13.3 Å². The molecule has 1 rings (SSSR count). The van der Waals surface area contributed by atoms with Gasteiger partial charge in [0, 0.05) is 19.2 Å². The summed E-state index contributed by atoms with van der Waals surface area (Å²) in [6, 6.07) is 3.78. The van der Waals surface area contributed by atoms with Gasteiger partial charge in [-0.15, -0.1) is 0 Å². The number of hydrogen-bond acceptors (Lipinski definition) is 3. The largest absolute Gasteiger partial charge is 0.484 e. The summed E-state index contributed by atoms with van der Waals surface area (Å²) in [4.78, 5) is 23.7. The Bertz CT molecular complexity index is 495. The van der Waals surface area contributed by atoms with Crippen LogP contribution in [0.5, 0.6) is 5.75 Å². The Morgan fingerprint density at radius 3 is 2.70 bits per heavy atom. The minimum atomic E-state index is -0.970. The summed E-state index contributed by atoms with van der Waals surface area (Å²) < 4.78 is 18.1. The van der Waals surface area contributed by atoms with Crippen molar-refractivity contribution in [3.63, 3.8) is 0 Å². The normalized spacial score (nSPS) is 10.2. The van der Waals surface area contributed by atoms with Crippen LogP contribution < -0.4 is 4.74 Å². The van der Waals surface area contributed by atoms with E-state index in [0.717, 1.165) is 6.07 Å². The minimum absolute atomic E-state index is 0.0897. The molecule has 1 aromatic rings. The number of rotatable bonds is 7. The Morgan fingerprint density at radius 1 is 1.45 bits per heavy atom. The summed E-state index contributed by atoms with van der Waals surface area (Å²) in [6.07, 6.45) is -0.123. The minimum Gasteiger partial charge on any atom is -0.484 e. The Hall–Kier alpha value is -1.82. The number of hydrogen-bond donors (Lipinski definition) is 1. The number of aliphatic carboxylic acids is 1. The zero-order valence-electron chi connectivity index (χ0n) is 10.9. The van der Waals surface area contributed by atoms with Gasteiger partial charge in [-0.3, -0.25) is 9.59 Å². The molecule has 0 bridgehead atoms. The van der Waals surface area contributed by atoms with Gasteiger partial charge in [0.25, 0.3) is 5.91 Å². The maximum absolute atomic E-state index is 12.9. The van der Waals surface area contributed by atoms with E-state index < -0.39 is 11.8 Å². The van der Waals surface area contributed by atoms with E-state index in [2.05, 4.69) is 0 Å². The molecule has 5 nitrogen and oxygen atoms in total. The number of carboxylic acids is 1. The molecule has 0 unspecified atom stereocenters. The van der Waals surface area contributed by atoms with Crippen molar-refractivity contribution in [1.82, 2.24) is 4.90 Å². The Kier molecular flexibility index (Phi) is 6.24. The van der Waals surface area contributed by atoms with Crippen molar-refractivity contribution in [2.75, 3.05) is 19.7 Å². The van der Waals surface area contributed by atoms with Crippen LogP contribution in [-0.4, -0.2) is 41.6 Å². The molecule has 1 amide bonds. The van der Waals surface area contributed by atoms with Crippen molar-refractivity contribution in [2.45, 2.75) is 13.3 Å². The molecule has 0 radical (unpaired) electrons. The van der Waals surface area contributed by atoms with Crippen LogP contribution in [0.2, 0.25) is 5.02 Å². The molecule has 7 heteroatoms. The van der Waals surface area contributed by atoms with Gasteiger partial charge in [0.05, 0.1) is 11.4 Å². The third kappa shape index (κ3) is 5.05. The Balaban J connectivity index is 2.52. The molecule has 0 aromatic heterocycles. The average molecular weight is 304 g/mol. The van der Waals surface area contributed by atoms with Crippen molar-refractivity contribution in [3.05, 3.63) is 29.0 Å². The van der Waals surface area contributed by atoms with Crippen molar-refractivity contribution in [1.29, 1.82) is 0 Å². The van der Waals surface area contributed by atoms with Gasteiger partial charge in [-0.05, 0) is 19.1 Å². The Labute approximate surface area is 120 Å². The first-order chi connectivity index (χ1) is 9.43. The summed E-state index contributed by atoms with van der Waals surface area (Å²) in [7, 11) is 0. The first-order valence-corrected chi connectivity index (χ1v) is 6.39. The van der Waals surface area contributed by atoms with Crippen molar-refractivity contribution in [2.24, 2.45) is 0 Å². The van der Waals surface area contributed by atoms with Crippen LogP contribution in [0.15, 0.2) is 18.2 Å². The third-order valence-electron chi connectivity index (χ3n) is 2.58. The molecule has 0 saturated carbocycles. The highest BCUT2D eigenvalue weighted by atomic mass is 35.5. The van der Waals surface area contributed by atoms with E-state index in [-0.39, 0.29) is 36.3 Å². The van der Waals surface area contributed by atoms with E-state index in [1.807, 2.05) is 0 Å². The fourth-order valence-corrected chi connectivity index (χ4v) is 1.66. The van der Waals surface area contributed by atoms with Gasteiger partial charge in [-0.1, -0.05) is 11.6 Å². The Morgan fingerprint density at radius 2 is 2.15 bits per heavy atom. The van der Waals surface area contributed by atoms with Gasteiger partial charge in [-0.25, -0.2) is 4.39 Å². The zero-order valence-corrected chi connectivity index (χ0v) is 11.7. The highest BCUT2D eigenvalue weighted by Gasteiger charge is 2.14. The van der Waals surface area contributed by atoms with Gasteiger partial charge in [0.1, 0.15) is 11.6 Å². The van der Waals surface area contributed by atoms with Crippen LogP contribution in [0.25, 0.3) is 0 Å². The molecule has 0 saturated heterocycles. The molecule has 0 aliphatic rings. The molecule has 0 aliphatic carbocycles. The molecule has 110 valence electrons. The van der Waals surface area contributed by atoms with Crippen LogP contribution in [-0.2, 0) is 9.59 Å². The molecule has 0 fully saturated rings. The maximum atomic E-state index is 12.9. The number of carbonyl (C=O) groups is 2. The number of carboxylic acid groups (broad SMARTS) is 1.